The van der Waals surface area contributed by atoms with Crippen molar-refractivity contribution in [2.75, 3.05) is 18.9 Å². The van der Waals surface area contributed by atoms with Crippen LogP contribution in [0.5, 0.6) is 0 Å². The standard InChI is InChI=1S/C11H15BrN2O3S/c12-8-1-2-10(13)11(7-8)18(15,16)14-9-3-5-17-6-4-9/h1-2,7,9,14H,3-6,13H2. The van der Waals surface area contributed by atoms with E-state index in [1.807, 2.05) is 0 Å². The third-order valence-electron chi connectivity index (χ3n) is 2.81. The van der Waals surface area contributed by atoms with E-state index in [1.165, 1.54) is 6.07 Å². The minimum Gasteiger partial charge on any atom is -0.398 e. The monoisotopic (exact) mass is 334 g/mol. The molecule has 0 aliphatic carbocycles. The van der Waals surface area contributed by atoms with E-state index in [0.29, 0.717) is 30.5 Å². The summed E-state index contributed by atoms with van der Waals surface area (Å²) in [6, 6.07) is 4.71. The van der Waals surface area contributed by atoms with Crippen LogP contribution < -0.4 is 10.5 Å². The fourth-order valence-corrected chi connectivity index (χ4v) is 3.81. The molecule has 0 spiro atoms. The van der Waals surface area contributed by atoms with Crippen molar-refractivity contribution in [2.24, 2.45) is 0 Å². The van der Waals surface area contributed by atoms with Gasteiger partial charge in [0.2, 0.25) is 10.0 Å². The first-order valence-corrected chi connectivity index (χ1v) is 7.92. The molecule has 0 atom stereocenters. The molecule has 1 fully saturated rings. The summed E-state index contributed by atoms with van der Waals surface area (Å²) >= 11 is 3.25. The van der Waals surface area contributed by atoms with Crippen molar-refractivity contribution in [1.29, 1.82) is 0 Å². The molecule has 0 saturated carbocycles. The number of rotatable bonds is 3. The lowest BCUT2D eigenvalue weighted by atomic mass is 10.1. The lowest BCUT2D eigenvalue weighted by Crippen LogP contribution is -2.39. The fraction of sp³-hybridized carbons (Fsp3) is 0.455. The third kappa shape index (κ3) is 3.23. The van der Waals surface area contributed by atoms with Crippen LogP contribution in [-0.2, 0) is 14.8 Å². The second kappa shape index (κ2) is 5.56. The van der Waals surface area contributed by atoms with Crippen LogP contribution in [0.15, 0.2) is 27.6 Å². The molecular formula is C11H15BrN2O3S. The highest BCUT2D eigenvalue weighted by atomic mass is 79.9. The Balaban J connectivity index is 2.21. The quantitative estimate of drug-likeness (QED) is 0.820. The van der Waals surface area contributed by atoms with Gasteiger partial charge in [0.25, 0.3) is 0 Å². The Bertz CT molecular complexity index is 527. The Morgan fingerprint density at radius 1 is 1.33 bits per heavy atom. The summed E-state index contributed by atoms with van der Waals surface area (Å²) in [4.78, 5) is 0.114. The van der Waals surface area contributed by atoms with E-state index < -0.39 is 10.0 Å². The largest absolute Gasteiger partial charge is 0.398 e. The van der Waals surface area contributed by atoms with Crippen LogP contribution in [0.4, 0.5) is 5.69 Å². The zero-order valence-electron chi connectivity index (χ0n) is 9.73. The zero-order valence-corrected chi connectivity index (χ0v) is 12.1. The number of benzene rings is 1. The fourth-order valence-electron chi connectivity index (χ4n) is 1.84. The molecule has 100 valence electrons. The lowest BCUT2D eigenvalue weighted by molar-refractivity contribution is 0.0832. The maximum Gasteiger partial charge on any atom is 0.242 e. The van der Waals surface area contributed by atoms with Crippen LogP contribution in [0.3, 0.4) is 0 Å². The van der Waals surface area contributed by atoms with Gasteiger partial charge in [-0.1, -0.05) is 15.9 Å². The van der Waals surface area contributed by atoms with E-state index in [4.69, 9.17) is 10.5 Å². The second-order valence-electron chi connectivity index (χ2n) is 4.19. The molecular weight excluding hydrogens is 320 g/mol. The van der Waals surface area contributed by atoms with E-state index in [-0.39, 0.29) is 16.6 Å². The Morgan fingerprint density at radius 2 is 2.00 bits per heavy atom. The number of halogens is 1. The number of hydrogen-bond acceptors (Lipinski definition) is 4. The number of hydrogen-bond donors (Lipinski definition) is 2. The minimum atomic E-state index is -3.57. The van der Waals surface area contributed by atoms with E-state index >= 15 is 0 Å². The highest BCUT2D eigenvalue weighted by Crippen LogP contribution is 2.23. The maximum atomic E-state index is 12.2. The molecule has 18 heavy (non-hydrogen) atoms. The smallest absolute Gasteiger partial charge is 0.242 e. The van der Waals surface area contributed by atoms with Crippen LogP contribution in [0.25, 0.3) is 0 Å². The summed E-state index contributed by atoms with van der Waals surface area (Å²) in [5.41, 5.74) is 5.96. The Labute approximate surface area is 115 Å². The first-order valence-electron chi connectivity index (χ1n) is 5.64. The first kappa shape index (κ1) is 13.8. The van der Waals surface area contributed by atoms with Gasteiger partial charge in [-0.2, -0.15) is 0 Å². The van der Waals surface area contributed by atoms with E-state index in [9.17, 15) is 8.42 Å². The van der Waals surface area contributed by atoms with E-state index in [2.05, 4.69) is 20.7 Å². The molecule has 1 aromatic rings. The van der Waals surface area contributed by atoms with Gasteiger partial charge in [-0.15, -0.1) is 0 Å². The van der Waals surface area contributed by atoms with Crippen LogP contribution in [0.1, 0.15) is 12.8 Å². The highest BCUT2D eigenvalue weighted by molar-refractivity contribution is 9.10. The van der Waals surface area contributed by atoms with Crippen LogP contribution >= 0.6 is 15.9 Å². The first-order chi connectivity index (χ1) is 8.49. The van der Waals surface area contributed by atoms with Gasteiger partial charge in [-0.3, -0.25) is 0 Å². The molecule has 0 aromatic heterocycles. The van der Waals surface area contributed by atoms with E-state index in [1.54, 1.807) is 12.1 Å². The van der Waals surface area contributed by atoms with Crippen molar-refractivity contribution in [2.45, 2.75) is 23.8 Å². The molecule has 0 bridgehead atoms. The Morgan fingerprint density at radius 3 is 2.67 bits per heavy atom. The number of nitrogens with one attached hydrogen (secondary N) is 1. The molecule has 5 nitrogen and oxygen atoms in total. The molecule has 7 heteroatoms. The molecule has 0 radical (unpaired) electrons. The minimum absolute atomic E-state index is 0.0814. The molecule has 1 saturated heterocycles. The lowest BCUT2D eigenvalue weighted by Gasteiger charge is -2.23. The molecule has 0 unspecified atom stereocenters. The van der Waals surface area contributed by atoms with Gasteiger partial charge in [0.05, 0.1) is 5.69 Å². The molecule has 0 amide bonds. The highest BCUT2D eigenvalue weighted by Gasteiger charge is 2.23. The van der Waals surface area contributed by atoms with Crippen molar-refractivity contribution in [3.8, 4) is 0 Å². The van der Waals surface area contributed by atoms with E-state index in [0.717, 1.165) is 0 Å². The summed E-state index contributed by atoms with van der Waals surface area (Å²) in [6.45, 7) is 1.17. The third-order valence-corrected chi connectivity index (χ3v) is 4.88. The summed E-state index contributed by atoms with van der Waals surface area (Å²) in [5.74, 6) is 0. The number of sulfonamides is 1. The molecule has 3 N–H and O–H groups in total. The number of nitrogens with two attached hydrogens (primary N) is 1. The van der Waals surface area contributed by atoms with Gasteiger partial charge in [0.15, 0.2) is 0 Å². The average molecular weight is 335 g/mol. The second-order valence-corrected chi connectivity index (χ2v) is 6.79. The van der Waals surface area contributed by atoms with Crippen molar-refractivity contribution in [1.82, 2.24) is 4.72 Å². The normalized spacial score (nSPS) is 17.8. The van der Waals surface area contributed by atoms with Crippen molar-refractivity contribution >= 4 is 31.6 Å². The average Bonchev–Trinajstić information content (AvgIpc) is 2.33. The molecule has 2 rings (SSSR count). The summed E-state index contributed by atoms with van der Waals surface area (Å²) < 4.78 is 33.0. The van der Waals surface area contributed by atoms with Gasteiger partial charge in [0, 0.05) is 23.7 Å². The van der Waals surface area contributed by atoms with Crippen LogP contribution in [0, 0.1) is 0 Å². The molecule has 1 heterocycles. The Hall–Kier alpha value is -0.630. The predicted molar refractivity (Wildman–Crippen MR) is 72.7 cm³/mol. The van der Waals surface area contributed by atoms with Crippen molar-refractivity contribution in [3.63, 3.8) is 0 Å². The summed E-state index contributed by atoms with van der Waals surface area (Å²) in [7, 11) is -3.57. The van der Waals surface area contributed by atoms with Gasteiger partial charge < -0.3 is 10.5 Å². The summed E-state index contributed by atoms with van der Waals surface area (Å²) in [6.07, 6.45) is 1.38. The van der Waals surface area contributed by atoms with Gasteiger partial charge in [0.1, 0.15) is 4.90 Å². The summed E-state index contributed by atoms with van der Waals surface area (Å²) in [5, 5.41) is 0. The van der Waals surface area contributed by atoms with Gasteiger partial charge >= 0.3 is 0 Å². The van der Waals surface area contributed by atoms with Gasteiger partial charge in [-0.05, 0) is 31.0 Å². The number of anilines is 1. The Kier molecular flexibility index (Phi) is 4.26. The molecule has 1 aromatic carbocycles. The maximum absolute atomic E-state index is 12.2. The molecule has 1 aliphatic rings. The van der Waals surface area contributed by atoms with Crippen LogP contribution in [0.2, 0.25) is 0 Å². The van der Waals surface area contributed by atoms with Crippen LogP contribution in [-0.4, -0.2) is 27.7 Å². The number of nitrogen functional groups attached to an aromatic ring is 1. The topological polar surface area (TPSA) is 81.4 Å². The SMILES string of the molecule is Nc1ccc(Br)cc1S(=O)(=O)NC1CCOCC1. The predicted octanol–water partition coefficient (Wildman–Crippen LogP) is 1.49. The zero-order chi connectivity index (χ0) is 13.2. The molecule has 1 aliphatic heterocycles. The van der Waals surface area contributed by atoms with Crippen molar-refractivity contribution in [3.05, 3.63) is 22.7 Å². The number of ether oxygens (including phenoxy) is 1. The van der Waals surface area contributed by atoms with Gasteiger partial charge in [-0.25, -0.2) is 13.1 Å². The van der Waals surface area contributed by atoms with Crippen molar-refractivity contribution < 1.29 is 13.2 Å².